The molecule has 1 N–H and O–H groups in total. The molecule has 0 bridgehead atoms. The molecule has 1 fully saturated rings. The second-order valence-electron chi connectivity index (χ2n) is 6.92. The lowest BCUT2D eigenvalue weighted by Crippen LogP contribution is -2.34. The molecule has 1 amide bonds. The Morgan fingerprint density at radius 3 is 3.12 bits per heavy atom. The zero-order valence-corrected chi connectivity index (χ0v) is 15.9. The van der Waals surface area contributed by atoms with Gasteiger partial charge in [-0.2, -0.15) is 0 Å². The average Bonchev–Trinajstić information content (AvgIpc) is 3.19. The Morgan fingerprint density at radius 1 is 1.42 bits per heavy atom. The predicted molar refractivity (Wildman–Crippen MR) is 104 cm³/mol. The number of carbonyl (C=O) groups excluding carboxylic acids is 1. The molecule has 4 rings (SSSR count). The highest BCUT2D eigenvalue weighted by Gasteiger charge is 2.24. The van der Waals surface area contributed by atoms with Gasteiger partial charge >= 0.3 is 0 Å². The lowest BCUT2D eigenvalue weighted by Gasteiger charge is -2.32. The van der Waals surface area contributed by atoms with Crippen LogP contribution in [0.15, 0.2) is 30.6 Å². The number of anilines is 1. The third-order valence-electron chi connectivity index (χ3n) is 4.99. The van der Waals surface area contributed by atoms with Crippen LogP contribution in [0.2, 0.25) is 0 Å². The van der Waals surface area contributed by atoms with E-state index in [2.05, 4.69) is 43.9 Å². The molecule has 0 aliphatic carbocycles. The molecule has 0 radical (unpaired) electrons. The summed E-state index contributed by atoms with van der Waals surface area (Å²) in [6, 6.07) is 6.37. The van der Waals surface area contributed by atoms with E-state index in [1.54, 1.807) is 11.3 Å². The van der Waals surface area contributed by atoms with Crippen LogP contribution in [0, 0.1) is 0 Å². The lowest BCUT2D eigenvalue weighted by atomic mass is 9.94. The first-order valence-electron chi connectivity index (χ1n) is 8.95. The standard InChI is InChI=1S/C19H23N5OS/c1-13(25)22-19-21-10-15(26-19)12-24-8-4-5-14(11-24)18-9-16-17(23(18)2)6-3-7-20-16/h3,6-7,9-10,14H,4-5,8,11-12H2,1-2H3,(H,21,22,25). The fraction of sp³-hybridized carbons (Fsp3) is 0.421. The normalized spacial score (nSPS) is 18.3. The van der Waals surface area contributed by atoms with E-state index in [4.69, 9.17) is 0 Å². The molecule has 1 aliphatic heterocycles. The van der Waals surface area contributed by atoms with Crippen LogP contribution < -0.4 is 5.32 Å². The van der Waals surface area contributed by atoms with E-state index in [1.807, 2.05) is 18.5 Å². The smallest absolute Gasteiger partial charge is 0.223 e. The van der Waals surface area contributed by atoms with Crippen LogP contribution in [-0.2, 0) is 18.4 Å². The van der Waals surface area contributed by atoms with E-state index in [1.165, 1.54) is 35.9 Å². The Balaban J connectivity index is 1.47. The number of nitrogens with zero attached hydrogens (tertiary/aromatic N) is 4. The molecule has 1 atom stereocenters. The monoisotopic (exact) mass is 369 g/mol. The van der Waals surface area contributed by atoms with Crippen LogP contribution in [0.4, 0.5) is 5.13 Å². The van der Waals surface area contributed by atoms with Gasteiger partial charge in [-0.1, -0.05) is 0 Å². The van der Waals surface area contributed by atoms with Crippen molar-refractivity contribution < 1.29 is 4.79 Å². The number of aromatic nitrogens is 3. The first kappa shape index (κ1) is 17.2. The van der Waals surface area contributed by atoms with E-state index >= 15 is 0 Å². The van der Waals surface area contributed by atoms with Crippen LogP contribution in [-0.4, -0.2) is 38.4 Å². The molecule has 0 aromatic carbocycles. The van der Waals surface area contributed by atoms with Crippen molar-refractivity contribution in [3.05, 3.63) is 41.2 Å². The number of carbonyl (C=O) groups is 1. The SMILES string of the molecule is CC(=O)Nc1ncc(CN2CCCC(c3cc4ncccc4n3C)C2)s1. The van der Waals surface area contributed by atoms with Crippen molar-refractivity contribution in [1.82, 2.24) is 19.4 Å². The maximum atomic E-state index is 11.2. The third kappa shape index (κ3) is 3.50. The summed E-state index contributed by atoms with van der Waals surface area (Å²) in [5.41, 5.74) is 3.64. The topological polar surface area (TPSA) is 63.1 Å². The number of aryl methyl sites for hydroxylation is 1. The minimum Gasteiger partial charge on any atom is -0.346 e. The van der Waals surface area contributed by atoms with Gasteiger partial charge in [0.25, 0.3) is 0 Å². The molecule has 136 valence electrons. The van der Waals surface area contributed by atoms with Gasteiger partial charge in [0.15, 0.2) is 5.13 Å². The minimum atomic E-state index is -0.0756. The number of amides is 1. The summed E-state index contributed by atoms with van der Waals surface area (Å²) in [6.07, 6.45) is 6.13. The molecular formula is C19H23N5OS. The second kappa shape index (κ2) is 7.17. The molecule has 0 saturated carbocycles. The van der Waals surface area contributed by atoms with E-state index in [0.717, 1.165) is 25.2 Å². The van der Waals surface area contributed by atoms with Gasteiger partial charge in [0, 0.05) is 55.9 Å². The Kier molecular flexibility index (Phi) is 4.74. The zero-order valence-electron chi connectivity index (χ0n) is 15.1. The first-order chi connectivity index (χ1) is 12.6. The van der Waals surface area contributed by atoms with Crippen molar-refractivity contribution in [1.29, 1.82) is 0 Å². The van der Waals surface area contributed by atoms with Crippen LogP contribution in [0.25, 0.3) is 11.0 Å². The molecule has 6 nitrogen and oxygen atoms in total. The highest BCUT2D eigenvalue weighted by Crippen LogP contribution is 2.31. The number of rotatable bonds is 4. The number of hydrogen-bond donors (Lipinski definition) is 1. The molecule has 3 aromatic rings. The highest BCUT2D eigenvalue weighted by atomic mass is 32.1. The van der Waals surface area contributed by atoms with Gasteiger partial charge in [0.05, 0.1) is 11.0 Å². The summed E-state index contributed by atoms with van der Waals surface area (Å²) >= 11 is 1.56. The Bertz CT molecular complexity index is 931. The summed E-state index contributed by atoms with van der Waals surface area (Å²) in [5.74, 6) is 0.444. The van der Waals surface area contributed by atoms with Crippen molar-refractivity contribution in [2.24, 2.45) is 7.05 Å². The number of hydrogen-bond acceptors (Lipinski definition) is 5. The number of fused-ring (bicyclic) bond motifs is 1. The summed E-state index contributed by atoms with van der Waals surface area (Å²) < 4.78 is 2.29. The predicted octanol–water partition coefficient (Wildman–Crippen LogP) is 3.37. The molecule has 1 saturated heterocycles. The summed E-state index contributed by atoms with van der Waals surface area (Å²) in [4.78, 5) is 23.6. The molecule has 26 heavy (non-hydrogen) atoms. The van der Waals surface area contributed by atoms with Crippen LogP contribution in [0.5, 0.6) is 0 Å². The number of likely N-dealkylation sites (tertiary alicyclic amines) is 1. The number of nitrogens with one attached hydrogen (secondary N) is 1. The van der Waals surface area contributed by atoms with Gasteiger partial charge < -0.3 is 9.88 Å². The van der Waals surface area contributed by atoms with Gasteiger partial charge in [0.2, 0.25) is 5.91 Å². The maximum absolute atomic E-state index is 11.2. The Hall–Kier alpha value is -2.25. The summed E-state index contributed by atoms with van der Waals surface area (Å²) in [6.45, 7) is 4.54. The molecule has 0 spiro atoms. The summed E-state index contributed by atoms with van der Waals surface area (Å²) in [5, 5.41) is 3.44. The number of pyridine rings is 1. The van der Waals surface area contributed by atoms with Crippen LogP contribution >= 0.6 is 11.3 Å². The van der Waals surface area contributed by atoms with E-state index in [0.29, 0.717) is 11.0 Å². The third-order valence-corrected chi connectivity index (χ3v) is 5.89. The van der Waals surface area contributed by atoms with Gasteiger partial charge in [-0.3, -0.25) is 14.7 Å². The fourth-order valence-electron chi connectivity index (χ4n) is 3.82. The fourth-order valence-corrected chi connectivity index (χ4v) is 4.72. The van der Waals surface area contributed by atoms with Gasteiger partial charge in [-0.15, -0.1) is 11.3 Å². The highest BCUT2D eigenvalue weighted by molar-refractivity contribution is 7.15. The molecule has 3 aromatic heterocycles. The van der Waals surface area contributed by atoms with E-state index < -0.39 is 0 Å². The van der Waals surface area contributed by atoms with Crippen molar-refractivity contribution in [2.75, 3.05) is 18.4 Å². The van der Waals surface area contributed by atoms with E-state index in [9.17, 15) is 4.79 Å². The first-order valence-corrected chi connectivity index (χ1v) is 9.77. The van der Waals surface area contributed by atoms with Crippen LogP contribution in [0.3, 0.4) is 0 Å². The molecular weight excluding hydrogens is 346 g/mol. The van der Waals surface area contributed by atoms with Gasteiger partial charge in [0.1, 0.15) is 0 Å². The largest absolute Gasteiger partial charge is 0.346 e. The van der Waals surface area contributed by atoms with Crippen molar-refractivity contribution in [3.63, 3.8) is 0 Å². The van der Waals surface area contributed by atoms with Gasteiger partial charge in [-0.05, 0) is 37.6 Å². The number of piperidine rings is 1. The van der Waals surface area contributed by atoms with Crippen LogP contribution in [0.1, 0.15) is 36.3 Å². The molecule has 1 aliphatic rings. The van der Waals surface area contributed by atoms with Crippen molar-refractivity contribution in [3.8, 4) is 0 Å². The van der Waals surface area contributed by atoms with Crippen molar-refractivity contribution in [2.45, 2.75) is 32.2 Å². The second-order valence-corrected chi connectivity index (χ2v) is 8.04. The lowest BCUT2D eigenvalue weighted by molar-refractivity contribution is -0.114. The Labute approximate surface area is 156 Å². The molecule has 7 heteroatoms. The van der Waals surface area contributed by atoms with Gasteiger partial charge in [-0.25, -0.2) is 4.98 Å². The zero-order chi connectivity index (χ0) is 18.1. The van der Waals surface area contributed by atoms with Crippen molar-refractivity contribution >= 4 is 33.4 Å². The maximum Gasteiger partial charge on any atom is 0.223 e. The van der Waals surface area contributed by atoms with E-state index in [-0.39, 0.29) is 5.91 Å². The summed E-state index contributed by atoms with van der Waals surface area (Å²) in [7, 11) is 2.14. The minimum absolute atomic E-state index is 0.0756. The molecule has 1 unspecified atom stereocenters. The average molecular weight is 369 g/mol. The quantitative estimate of drug-likeness (QED) is 0.766. The number of thiazole rings is 1. The Morgan fingerprint density at radius 2 is 2.31 bits per heavy atom. The molecule has 4 heterocycles.